The molecule has 2 heterocycles. The van der Waals surface area contributed by atoms with Crippen molar-refractivity contribution in [1.29, 1.82) is 0 Å². The fourth-order valence-corrected chi connectivity index (χ4v) is 2.22. The molecule has 0 aliphatic carbocycles. The lowest BCUT2D eigenvalue weighted by molar-refractivity contribution is 0.586. The Morgan fingerprint density at radius 1 is 1.29 bits per heavy atom. The lowest BCUT2D eigenvalue weighted by Crippen LogP contribution is -2.12. The van der Waals surface area contributed by atoms with E-state index in [9.17, 15) is 0 Å². The molecule has 1 fully saturated rings. The van der Waals surface area contributed by atoms with Gasteiger partial charge in [0.2, 0.25) is 0 Å². The van der Waals surface area contributed by atoms with Gasteiger partial charge in [0.1, 0.15) is 5.58 Å². The van der Waals surface area contributed by atoms with Gasteiger partial charge in [0, 0.05) is 17.0 Å². The van der Waals surface area contributed by atoms with E-state index in [2.05, 4.69) is 17.4 Å². The third-order valence-corrected chi connectivity index (χ3v) is 2.95. The number of hydrogen-bond acceptors (Lipinski definition) is 2. The molecule has 14 heavy (non-hydrogen) atoms. The molecular weight excluding hydrogens is 174 g/mol. The lowest BCUT2D eigenvalue weighted by Gasteiger charge is -2.06. The Hall–Kier alpha value is -1.28. The molecule has 2 aromatic rings. The summed E-state index contributed by atoms with van der Waals surface area (Å²) in [5.74, 6) is 0. The summed E-state index contributed by atoms with van der Waals surface area (Å²) in [6.45, 7) is 1.13. The van der Waals surface area contributed by atoms with Crippen LogP contribution in [0.15, 0.2) is 34.9 Å². The van der Waals surface area contributed by atoms with Gasteiger partial charge in [-0.15, -0.1) is 0 Å². The Morgan fingerprint density at radius 3 is 3.07 bits per heavy atom. The fourth-order valence-electron chi connectivity index (χ4n) is 2.22. The normalized spacial score (nSPS) is 21.9. The Kier molecular flexibility index (Phi) is 1.81. The quantitative estimate of drug-likeness (QED) is 0.742. The molecule has 0 amide bonds. The van der Waals surface area contributed by atoms with Crippen molar-refractivity contribution in [3.8, 4) is 0 Å². The van der Waals surface area contributed by atoms with E-state index in [0.717, 1.165) is 12.1 Å². The fraction of sp³-hybridized carbons (Fsp3) is 0.333. The molecule has 72 valence electrons. The first-order valence-corrected chi connectivity index (χ1v) is 5.15. The van der Waals surface area contributed by atoms with Crippen LogP contribution < -0.4 is 5.32 Å². The van der Waals surface area contributed by atoms with Crippen LogP contribution in [0.25, 0.3) is 11.0 Å². The summed E-state index contributed by atoms with van der Waals surface area (Å²) < 4.78 is 5.52. The van der Waals surface area contributed by atoms with Crippen molar-refractivity contribution in [2.75, 3.05) is 6.54 Å². The molecule has 0 saturated carbocycles. The van der Waals surface area contributed by atoms with E-state index in [1.54, 1.807) is 0 Å². The zero-order valence-corrected chi connectivity index (χ0v) is 7.99. The molecule has 1 atom stereocenters. The van der Waals surface area contributed by atoms with Crippen molar-refractivity contribution in [1.82, 2.24) is 5.32 Å². The minimum absolute atomic E-state index is 0.499. The third-order valence-electron chi connectivity index (χ3n) is 2.95. The van der Waals surface area contributed by atoms with Gasteiger partial charge in [0.05, 0.1) is 6.26 Å². The van der Waals surface area contributed by atoms with E-state index in [1.807, 2.05) is 18.4 Å². The van der Waals surface area contributed by atoms with Crippen LogP contribution in [-0.2, 0) is 0 Å². The third kappa shape index (κ3) is 1.15. The molecule has 2 heteroatoms. The number of benzene rings is 1. The smallest absolute Gasteiger partial charge is 0.134 e. The number of rotatable bonds is 1. The van der Waals surface area contributed by atoms with Gasteiger partial charge >= 0.3 is 0 Å². The first-order chi connectivity index (χ1) is 6.95. The topological polar surface area (TPSA) is 25.2 Å². The standard InChI is InChI=1S/C12H13NO/c1-2-6-12-9(4-1)10(8-14-12)11-5-3-7-13-11/h1-2,4,6,8,11,13H,3,5,7H2/t11-/m0/s1. The van der Waals surface area contributed by atoms with Crippen molar-refractivity contribution in [3.63, 3.8) is 0 Å². The molecule has 0 spiro atoms. The maximum absolute atomic E-state index is 5.52. The second-order valence-corrected chi connectivity index (χ2v) is 3.84. The van der Waals surface area contributed by atoms with Crippen molar-refractivity contribution in [3.05, 3.63) is 36.1 Å². The van der Waals surface area contributed by atoms with Crippen LogP contribution in [0.4, 0.5) is 0 Å². The van der Waals surface area contributed by atoms with Crippen LogP contribution in [0.5, 0.6) is 0 Å². The second kappa shape index (κ2) is 3.14. The van der Waals surface area contributed by atoms with Crippen LogP contribution >= 0.6 is 0 Å². The Labute approximate surface area is 82.9 Å². The summed E-state index contributed by atoms with van der Waals surface area (Å²) in [7, 11) is 0. The molecular formula is C12H13NO. The average molecular weight is 187 g/mol. The maximum Gasteiger partial charge on any atom is 0.134 e. The summed E-state index contributed by atoms with van der Waals surface area (Å²) in [6, 6.07) is 8.73. The van der Waals surface area contributed by atoms with Crippen LogP contribution in [-0.4, -0.2) is 6.54 Å². The number of furan rings is 1. The molecule has 1 saturated heterocycles. The van der Waals surface area contributed by atoms with E-state index in [0.29, 0.717) is 6.04 Å². The number of hydrogen-bond donors (Lipinski definition) is 1. The maximum atomic E-state index is 5.52. The SMILES string of the molecule is c1ccc2c([C@@H]3CCCN3)coc2c1. The predicted octanol–water partition coefficient (Wildman–Crippen LogP) is 2.86. The zero-order chi connectivity index (χ0) is 9.38. The van der Waals surface area contributed by atoms with Crippen LogP contribution in [0.1, 0.15) is 24.4 Å². The summed E-state index contributed by atoms with van der Waals surface area (Å²) in [4.78, 5) is 0. The number of fused-ring (bicyclic) bond motifs is 1. The summed E-state index contributed by atoms with van der Waals surface area (Å²) in [5.41, 5.74) is 2.31. The first kappa shape index (κ1) is 8.06. The zero-order valence-electron chi connectivity index (χ0n) is 7.99. The molecule has 1 aliphatic heterocycles. The van der Waals surface area contributed by atoms with E-state index >= 15 is 0 Å². The monoisotopic (exact) mass is 187 g/mol. The molecule has 1 aromatic carbocycles. The van der Waals surface area contributed by atoms with Crippen LogP contribution in [0, 0.1) is 0 Å². The highest BCUT2D eigenvalue weighted by Gasteiger charge is 2.19. The number of nitrogens with one attached hydrogen (secondary N) is 1. The van der Waals surface area contributed by atoms with Gasteiger partial charge < -0.3 is 9.73 Å². The van der Waals surface area contributed by atoms with E-state index < -0.39 is 0 Å². The second-order valence-electron chi connectivity index (χ2n) is 3.84. The van der Waals surface area contributed by atoms with Gasteiger partial charge in [0.25, 0.3) is 0 Å². The van der Waals surface area contributed by atoms with E-state index in [4.69, 9.17) is 4.42 Å². The number of para-hydroxylation sites is 1. The predicted molar refractivity (Wildman–Crippen MR) is 56.2 cm³/mol. The Balaban J connectivity index is 2.11. The molecule has 3 rings (SSSR count). The van der Waals surface area contributed by atoms with Crippen LogP contribution in [0.3, 0.4) is 0 Å². The highest BCUT2D eigenvalue weighted by Crippen LogP contribution is 2.30. The molecule has 2 nitrogen and oxygen atoms in total. The van der Waals surface area contributed by atoms with Gasteiger partial charge in [-0.25, -0.2) is 0 Å². The lowest BCUT2D eigenvalue weighted by atomic mass is 10.0. The largest absolute Gasteiger partial charge is 0.464 e. The van der Waals surface area contributed by atoms with Gasteiger partial charge in [-0.2, -0.15) is 0 Å². The van der Waals surface area contributed by atoms with Crippen molar-refractivity contribution < 1.29 is 4.42 Å². The van der Waals surface area contributed by atoms with Crippen molar-refractivity contribution >= 4 is 11.0 Å². The molecule has 0 bridgehead atoms. The molecule has 1 aliphatic rings. The van der Waals surface area contributed by atoms with E-state index in [-0.39, 0.29) is 0 Å². The van der Waals surface area contributed by atoms with Crippen LogP contribution in [0.2, 0.25) is 0 Å². The Bertz CT molecular complexity index is 440. The van der Waals surface area contributed by atoms with Gasteiger partial charge in [-0.1, -0.05) is 18.2 Å². The highest BCUT2D eigenvalue weighted by atomic mass is 16.3. The summed E-state index contributed by atoms with van der Waals surface area (Å²) in [5, 5.41) is 4.75. The minimum Gasteiger partial charge on any atom is -0.464 e. The molecule has 1 N–H and O–H groups in total. The van der Waals surface area contributed by atoms with Crippen molar-refractivity contribution in [2.24, 2.45) is 0 Å². The van der Waals surface area contributed by atoms with E-state index in [1.165, 1.54) is 23.8 Å². The van der Waals surface area contributed by atoms with Gasteiger partial charge in [-0.05, 0) is 25.5 Å². The summed E-state index contributed by atoms with van der Waals surface area (Å²) in [6.07, 6.45) is 4.39. The molecule has 0 radical (unpaired) electrons. The Morgan fingerprint density at radius 2 is 2.21 bits per heavy atom. The molecule has 1 aromatic heterocycles. The van der Waals surface area contributed by atoms with Gasteiger partial charge in [0.15, 0.2) is 0 Å². The minimum atomic E-state index is 0.499. The highest BCUT2D eigenvalue weighted by molar-refractivity contribution is 5.81. The average Bonchev–Trinajstić information content (AvgIpc) is 2.85. The first-order valence-electron chi connectivity index (χ1n) is 5.15. The summed E-state index contributed by atoms with van der Waals surface area (Å²) >= 11 is 0. The molecule has 0 unspecified atom stereocenters. The van der Waals surface area contributed by atoms with Crippen molar-refractivity contribution in [2.45, 2.75) is 18.9 Å². The van der Waals surface area contributed by atoms with Gasteiger partial charge in [-0.3, -0.25) is 0 Å².